The average molecular weight is 492 g/mol. The molecule has 1 aromatic carbocycles. The number of benzene rings is 1. The van der Waals surface area contributed by atoms with Crippen LogP contribution in [0.25, 0.3) is 0 Å². The molecule has 3 N–H and O–H groups in total. The first-order chi connectivity index (χ1) is 15.7. The topological polar surface area (TPSA) is 106 Å². The fourth-order valence-electron chi connectivity index (χ4n) is 2.62. The van der Waals surface area contributed by atoms with Gasteiger partial charge in [0.05, 0.1) is 6.61 Å². The quantitative estimate of drug-likeness (QED) is 0.310. The van der Waals surface area contributed by atoms with Gasteiger partial charge in [-0.2, -0.15) is 0 Å². The minimum atomic E-state index is -1.84. The highest BCUT2D eigenvalue weighted by molar-refractivity contribution is 6.74. The molecule has 0 heterocycles. The van der Waals surface area contributed by atoms with E-state index in [1.165, 1.54) is 6.08 Å². The Labute approximate surface area is 205 Å². The normalized spacial score (nSPS) is 13.6. The van der Waals surface area contributed by atoms with E-state index in [0.29, 0.717) is 12.3 Å². The monoisotopic (exact) mass is 491 g/mol. The molecule has 0 saturated heterocycles. The summed E-state index contributed by atoms with van der Waals surface area (Å²) in [4.78, 5) is 37.0. The average Bonchev–Trinajstić information content (AvgIpc) is 2.74. The van der Waals surface area contributed by atoms with Gasteiger partial charge in [0.15, 0.2) is 8.32 Å². The number of carbonyl (C=O) groups excluding carboxylic acids is 3. The lowest BCUT2D eigenvalue weighted by Crippen LogP contribution is -2.53. The first kappa shape index (κ1) is 29.4. The molecule has 0 aromatic heterocycles. The molecule has 190 valence electrons. The lowest BCUT2D eigenvalue weighted by atomic mass is 10.0. The largest absolute Gasteiger partial charge is 0.445 e. The summed E-state index contributed by atoms with van der Waals surface area (Å²) in [6.45, 7) is 20.2. The number of carbonyl (C=O) groups is 3. The van der Waals surface area contributed by atoms with Crippen molar-refractivity contribution >= 4 is 31.9 Å². The first-order valence-corrected chi connectivity index (χ1v) is 14.5. The molecule has 8 nitrogen and oxygen atoms in total. The Balaban J connectivity index is 2.65. The van der Waals surface area contributed by atoms with Gasteiger partial charge in [-0.15, -0.1) is 0 Å². The van der Waals surface area contributed by atoms with E-state index in [2.05, 4.69) is 56.4 Å². The number of amides is 3. The van der Waals surface area contributed by atoms with Gasteiger partial charge < -0.3 is 25.1 Å². The third kappa shape index (κ3) is 9.30. The van der Waals surface area contributed by atoms with Crippen molar-refractivity contribution in [1.29, 1.82) is 0 Å². The predicted molar refractivity (Wildman–Crippen MR) is 138 cm³/mol. The number of rotatable bonds is 11. The molecule has 0 aliphatic heterocycles. The van der Waals surface area contributed by atoms with Crippen LogP contribution < -0.4 is 16.0 Å². The van der Waals surface area contributed by atoms with Gasteiger partial charge in [0.25, 0.3) is 0 Å². The predicted octanol–water partition coefficient (Wildman–Crippen LogP) is 4.59. The van der Waals surface area contributed by atoms with Crippen molar-refractivity contribution in [3.63, 3.8) is 0 Å². The summed E-state index contributed by atoms with van der Waals surface area (Å²) in [6.07, 6.45) is 0.716. The van der Waals surface area contributed by atoms with Crippen molar-refractivity contribution in [1.82, 2.24) is 10.6 Å². The van der Waals surface area contributed by atoms with Crippen LogP contribution in [0.2, 0.25) is 18.1 Å². The van der Waals surface area contributed by atoms with E-state index in [-0.39, 0.29) is 23.5 Å². The Kier molecular flexibility index (Phi) is 11.0. The molecule has 2 atom stereocenters. The van der Waals surface area contributed by atoms with Gasteiger partial charge in [0.1, 0.15) is 18.7 Å². The summed E-state index contributed by atoms with van der Waals surface area (Å²) in [5.41, 5.74) is 1.65. The molecule has 0 aliphatic carbocycles. The Morgan fingerprint density at radius 2 is 1.62 bits per heavy atom. The highest BCUT2D eigenvalue weighted by Crippen LogP contribution is 2.37. The van der Waals surface area contributed by atoms with Crippen LogP contribution >= 0.6 is 0 Å². The summed E-state index contributed by atoms with van der Waals surface area (Å²) in [5, 5.41) is 8.10. The van der Waals surface area contributed by atoms with Crippen LogP contribution in [0.5, 0.6) is 0 Å². The van der Waals surface area contributed by atoms with E-state index in [1.807, 2.05) is 24.3 Å². The van der Waals surface area contributed by atoms with Crippen LogP contribution in [0.15, 0.2) is 36.9 Å². The lowest BCUT2D eigenvalue weighted by Gasteiger charge is -2.36. The summed E-state index contributed by atoms with van der Waals surface area (Å²) in [5.74, 6) is -1.03. The molecule has 0 spiro atoms. The Hall–Kier alpha value is -2.65. The summed E-state index contributed by atoms with van der Waals surface area (Å²) in [7, 11) is -1.84. The SMILES string of the molecule is C=CCOC(=O)N[C@H](C(=O)N[C@@H](C)C(=O)Nc1ccc(CO[Si](C)(C)C(C)(C)C)cc1)C(C)C. The van der Waals surface area contributed by atoms with Crippen molar-refractivity contribution in [3.05, 3.63) is 42.5 Å². The van der Waals surface area contributed by atoms with Gasteiger partial charge in [-0.25, -0.2) is 4.79 Å². The summed E-state index contributed by atoms with van der Waals surface area (Å²) < 4.78 is 11.1. The second kappa shape index (κ2) is 12.7. The van der Waals surface area contributed by atoms with E-state index < -0.39 is 32.4 Å². The molecule has 1 rings (SSSR count). The van der Waals surface area contributed by atoms with Crippen molar-refractivity contribution < 1.29 is 23.5 Å². The molecule has 0 unspecified atom stereocenters. The molecule has 9 heteroatoms. The summed E-state index contributed by atoms with van der Waals surface area (Å²) in [6, 6.07) is 5.81. The maximum atomic E-state index is 12.6. The molecule has 0 bridgehead atoms. The van der Waals surface area contributed by atoms with Crippen LogP contribution in [0.4, 0.5) is 10.5 Å². The fraction of sp³-hybridized carbons (Fsp3) is 0.560. The standard InChI is InChI=1S/C25H41N3O5Si/c1-10-15-32-24(31)28-21(17(2)3)23(30)26-18(4)22(29)27-20-13-11-19(12-14-20)16-33-34(8,9)25(5,6)7/h10-14,17-18,21H,1,15-16H2,2-9H3,(H,26,30)(H,27,29)(H,28,31)/t18-,21-/m0/s1. The van der Waals surface area contributed by atoms with Crippen LogP contribution in [0.1, 0.15) is 47.1 Å². The van der Waals surface area contributed by atoms with Crippen LogP contribution in [0, 0.1) is 5.92 Å². The highest BCUT2D eigenvalue weighted by atomic mass is 28.4. The number of hydrogen-bond donors (Lipinski definition) is 3. The Morgan fingerprint density at radius 3 is 2.12 bits per heavy atom. The van der Waals surface area contributed by atoms with Gasteiger partial charge >= 0.3 is 6.09 Å². The number of hydrogen-bond acceptors (Lipinski definition) is 5. The van der Waals surface area contributed by atoms with Crippen LogP contribution in [-0.2, 0) is 25.4 Å². The molecule has 1 aromatic rings. The number of anilines is 1. The number of alkyl carbamates (subject to hydrolysis) is 1. The molecular weight excluding hydrogens is 450 g/mol. The third-order valence-corrected chi connectivity index (χ3v) is 10.4. The molecule has 3 amide bonds. The smallest absolute Gasteiger partial charge is 0.408 e. The molecule has 0 fully saturated rings. The van der Waals surface area contributed by atoms with Gasteiger partial charge in [0, 0.05) is 5.69 Å². The number of ether oxygens (including phenoxy) is 1. The molecule has 0 radical (unpaired) electrons. The van der Waals surface area contributed by atoms with Crippen molar-refractivity contribution in [3.8, 4) is 0 Å². The highest BCUT2D eigenvalue weighted by Gasteiger charge is 2.37. The van der Waals surface area contributed by atoms with E-state index in [0.717, 1.165) is 5.56 Å². The minimum Gasteiger partial charge on any atom is -0.445 e. The van der Waals surface area contributed by atoms with Gasteiger partial charge in [-0.3, -0.25) is 9.59 Å². The van der Waals surface area contributed by atoms with E-state index >= 15 is 0 Å². The Morgan fingerprint density at radius 1 is 1.03 bits per heavy atom. The van der Waals surface area contributed by atoms with Crippen molar-refractivity contribution in [2.24, 2.45) is 5.92 Å². The van der Waals surface area contributed by atoms with E-state index in [4.69, 9.17) is 9.16 Å². The Bertz CT molecular complexity index is 847. The van der Waals surface area contributed by atoms with Crippen molar-refractivity contribution in [2.75, 3.05) is 11.9 Å². The second-order valence-corrected chi connectivity index (χ2v) is 15.0. The second-order valence-electron chi connectivity index (χ2n) is 10.2. The lowest BCUT2D eigenvalue weighted by molar-refractivity contribution is -0.128. The van der Waals surface area contributed by atoms with E-state index in [1.54, 1.807) is 20.8 Å². The van der Waals surface area contributed by atoms with Gasteiger partial charge in [-0.05, 0) is 48.7 Å². The summed E-state index contributed by atoms with van der Waals surface area (Å²) >= 11 is 0. The van der Waals surface area contributed by atoms with Crippen LogP contribution in [0.3, 0.4) is 0 Å². The molecular formula is C25H41N3O5Si. The van der Waals surface area contributed by atoms with Crippen molar-refractivity contribution in [2.45, 2.75) is 78.4 Å². The zero-order chi connectivity index (χ0) is 26.1. The van der Waals surface area contributed by atoms with Crippen LogP contribution in [-0.4, -0.2) is 44.9 Å². The number of nitrogens with one attached hydrogen (secondary N) is 3. The van der Waals surface area contributed by atoms with E-state index in [9.17, 15) is 14.4 Å². The molecule has 0 saturated carbocycles. The van der Waals surface area contributed by atoms with Gasteiger partial charge in [-0.1, -0.05) is 59.4 Å². The molecule has 34 heavy (non-hydrogen) atoms. The molecule has 0 aliphatic rings. The minimum absolute atomic E-state index is 0.0400. The fourth-order valence-corrected chi connectivity index (χ4v) is 3.58. The van der Waals surface area contributed by atoms with Gasteiger partial charge in [0.2, 0.25) is 11.8 Å². The third-order valence-electron chi connectivity index (χ3n) is 5.93. The zero-order valence-electron chi connectivity index (χ0n) is 21.8. The first-order valence-electron chi connectivity index (χ1n) is 11.6. The zero-order valence-corrected chi connectivity index (χ0v) is 22.8. The maximum absolute atomic E-state index is 12.6. The maximum Gasteiger partial charge on any atom is 0.408 e.